The number of aryl methyl sites for hydroxylation is 2. The van der Waals surface area contributed by atoms with Crippen molar-refractivity contribution in [3.63, 3.8) is 0 Å². The maximum atomic E-state index is 14.1. The lowest BCUT2D eigenvalue weighted by Gasteiger charge is -2.24. The van der Waals surface area contributed by atoms with E-state index in [9.17, 15) is 31.1 Å². The molecule has 1 aromatic carbocycles. The highest BCUT2D eigenvalue weighted by molar-refractivity contribution is 6.09. The lowest BCUT2D eigenvalue weighted by atomic mass is 9.77. The molecule has 4 heterocycles. The van der Waals surface area contributed by atoms with Gasteiger partial charge in [-0.15, -0.1) is 5.10 Å². The molecule has 0 saturated heterocycles. The molecule has 0 saturated carbocycles. The third-order valence-electron chi connectivity index (χ3n) is 6.49. The zero-order chi connectivity index (χ0) is 31.7. The van der Waals surface area contributed by atoms with E-state index < -0.39 is 72.0 Å². The van der Waals surface area contributed by atoms with E-state index in [1.54, 1.807) is 0 Å². The number of carbonyl (C=O) groups is 1. The van der Waals surface area contributed by atoms with E-state index in [0.717, 1.165) is 6.07 Å². The van der Waals surface area contributed by atoms with Gasteiger partial charge in [0.1, 0.15) is 28.6 Å². The maximum absolute atomic E-state index is 14.1. The molecular weight excluding hydrogens is 548 g/mol. The first kappa shape index (κ1) is 23.3. The summed E-state index contributed by atoms with van der Waals surface area (Å²) in [5, 5.41) is 9.78. The van der Waals surface area contributed by atoms with E-state index in [4.69, 9.17) is 14.6 Å². The van der Waals surface area contributed by atoms with Crippen molar-refractivity contribution in [2.75, 3.05) is 18.2 Å². The molecule has 1 aliphatic heterocycles. The third kappa shape index (κ3) is 4.12. The normalized spacial score (nSPS) is 18.7. The molecule has 40 heavy (non-hydrogen) atoms. The highest BCUT2D eigenvalue weighted by Crippen LogP contribution is 2.46. The van der Waals surface area contributed by atoms with Crippen molar-refractivity contribution in [2.24, 2.45) is 6.98 Å². The molecule has 1 amide bonds. The van der Waals surface area contributed by atoms with E-state index in [1.165, 1.54) is 26.2 Å². The van der Waals surface area contributed by atoms with Gasteiger partial charge in [-0.3, -0.25) is 4.79 Å². The number of rotatable bonds is 6. The summed E-state index contributed by atoms with van der Waals surface area (Å²) in [6.45, 7) is -1.50. The second-order valence-electron chi connectivity index (χ2n) is 8.95. The highest BCUT2D eigenvalue weighted by atomic mass is 19.4. The third-order valence-corrected chi connectivity index (χ3v) is 6.49. The molecule has 1 atom stereocenters. The van der Waals surface area contributed by atoms with Crippen LogP contribution >= 0.6 is 0 Å². The second kappa shape index (κ2) is 8.99. The minimum absolute atomic E-state index is 0.0800. The van der Waals surface area contributed by atoms with Crippen LogP contribution in [0.3, 0.4) is 0 Å². The van der Waals surface area contributed by atoms with Crippen LogP contribution in [0.25, 0.3) is 22.7 Å². The van der Waals surface area contributed by atoms with E-state index in [2.05, 4.69) is 35.6 Å². The van der Waals surface area contributed by atoms with Gasteiger partial charge in [0.15, 0.2) is 28.6 Å². The number of hydrogen-bond acceptors (Lipinski definition) is 9. The number of methoxy groups -OCH3 is 1. The summed E-state index contributed by atoms with van der Waals surface area (Å²) in [5.41, 5.74) is 3.81. The summed E-state index contributed by atoms with van der Waals surface area (Å²) >= 11 is 0. The first-order valence-corrected chi connectivity index (χ1v) is 11.3. The summed E-state index contributed by atoms with van der Waals surface area (Å²) in [4.78, 5) is 29.5. The van der Waals surface area contributed by atoms with Gasteiger partial charge in [0.05, 0.1) is 12.7 Å². The zero-order valence-electron chi connectivity index (χ0n) is 23.4. The fourth-order valence-electron chi connectivity index (χ4n) is 4.30. The molecule has 1 unspecified atom stereocenters. The standard InChI is InChI=1S/C23H19F6N9O2/c1-21(9-4-5-10(24)11(8-9)40-3)13-16(30)33-18(34-17(13)35-20(21)39)14-15-19(38(2)37-36-15)32-12(31-14)6-7-22(25,26)23(27,28)29/h4-5,8H,6-7H2,1-3H3,(H3,30,33,34,35,39)/i2D3. The van der Waals surface area contributed by atoms with Crippen molar-refractivity contribution in [1.82, 2.24) is 34.9 Å². The summed E-state index contributed by atoms with van der Waals surface area (Å²) in [5.74, 6) is -8.00. The fraction of sp³-hybridized carbons (Fsp3) is 0.348. The zero-order valence-corrected chi connectivity index (χ0v) is 20.4. The van der Waals surface area contributed by atoms with Gasteiger partial charge in [-0.05, 0) is 24.6 Å². The van der Waals surface area contributed by atoms with Crippen LogP contribution in [0.15, 0.2) is 18.2 Å². The smallest absolute Gasteiger partial charge is 0.453 e. The average molecular weight is 570 g/mol. The number of nitrogens with two attached hydrogens (primary N) is 1. The lowest BCUT2D eigenvalue weighted by molar-refractivity contribution is -0.284. The van der Waals surface area contributed by atoms with Gasteiger partial charge in [0.2, 0.25) is 5.91 Å². The molecule has 0 aliphatic carbocycles. The van der Waals surface area contributed by atoms with Gasteiger partial charge >= 0.3 is 12.1 Å². The SMILES string of the molecule is [2H]C([2H])([2H])n1nnc2c(-c3nc(N)c4c(n3)NC(=O)C4(C)c3ccc(F)c(OC)c3)nc(CCC(F)(F)C(F)(F)F)nc21. The first-order chi connectivity index (χ1) is 19.9. The fourth-order valence-corrected chi connectivity index (χ4v) is 4.30. The Morgan fingerprint density at radius 2 is 1.93 bits per heavy atom. The summed E-state index contributed by atoms with van der Waals surface area (Å²) in [6.07, 6.45) is -8.64. The Kier molecular flexibility index (Phi) is 5.24. The van der Waals surface area contributed by atoms with Gasteiger partial charge in [0, 0.05) is 23.9 Å². The summed E-state index contributed by atoms with van der Waals surface area (Å²) in [6, 6.07) is 3.72. The number of aromatic nitrogens is 7. The first-order valence-electron chi connectivity index (χ1n) is 12.8. The molecule has 11 nitrogen and oxygen atoms in total. The Labute approximate surface area is 225 Å². The number of halogens is 6. The Morgan fingerprint density at radius 3 is 2.60 bits per heavy atom. The molecule has 4 aromatic rings. The molecule has 17 heteroatoms. The topological polar surface area (TPSA) is 147 Å². The summed E-state index contributed by atoms with van der Waals surface area (Å²) in [7, 11) is 1.24. The van der Waals surface area contributed by atoms with Crippen LogP contribution in [-0.4, -0.2) is 60.0 Å². The number of hydrogen-bond donors (Lipinski definition) is 2. The molecule has 0 fully saturated rings. The molecule has 0 bridgehead atoms. The number of nitrogens with zero attached hydrogens (tertiary/aromatic N) is 7. The Balaban J connectivity index is 1.66. The molecule has 210 valence electrons. The van der Waals surface area contributed by atoms with E-state index in [-0.39, 0.29) is 34.0 Å². The van der Waals surface area contributed by atoms with Gasteiger partial charge in [-0.2, -0.15) is 22.0 Å². The number of benzene rings is 1. The molecule has 3 aromatic heterocycles. The summed E-state index contributed by atoms with van der Waals surface area (Å²) < 4.78 is 108. The van der Waals surface area contributed by atoms with Crippen molar-refractivity contribution in [2.45, 2.75) is 37.3 Å². The van der Waals surface area contributed by atoms with Gasteiger partial charge in [0.25, 0.3) is 0 Å². The van der Waals surface area contributed by atoms with Crippen LogP contribution < -0.4 is 15.8 Å². The quantitative estimate of drug-likeness (QED) is 0.333. The van der Waals surface area contributed by atoms with Gasteiger partial charge in [-0.1, -0.05) is 11.3 Å². The number of amides is 1. The number of ether oxygens (including phenoxy) is 1. The molecule has 0 radical (unpaired) electrons. The predicted molar refractivity (Wildman–Crippen MR) is 127 cm³/mol. The molecular formula is C23H19F6N9O2. The lowest BCUT2D eigenvalue weighted by Crippen LogP contribution is -2.36. The van der Waals surface area contributed by atoms with Crippen molar-refractivity contribution in [3.05, 3.63) is 41.0 Å². The molecule has 3 N–H and O–H groups in total. The van der Waals surface area contributed by atoms with Crippen LogP contribution in [0, 0.1) is 5.82 Å². The number of nitrogen functional groups attached to an aromatic ring is 1. The minimum Gasteiger partial charge on any atom is -0.494 e. The van der Waals surface area contributed by atoms with Gasteiger partial charge < -0.3 is 15.8 Å². The molecule has 0 spiro atoms. The number of anilines is 2. The number of carbonyl (C=O) groups excluding carboxylic acids is 1. The van der Waals surface area contributed by atoms with Crippen LogP contribution in [-0.2, 0) is 23.6 Å². The highest BCUT2D eigenvalue weighted by Gasteiger charge is 2.56. The van der Waals surface area contributed by atoms with Crippen molar-refractivity contribution in [1.29, 1.82) is 0 Å². The number of fused-ring (bicyclic) bond motifs is 2. The largest absolute Gasteiger partial charge is 0.494 e. The monoisotopic (exact) mass is 570 g/mol. The Hall–Kier alpha value is -4.57. The number of nitrogens with one attached hydrogen (secondary N) is 1. The van der Waals surface area contributed by atoms with Crippen LogP contribution in [0.5, 0.6) is 5.75 Å². The van der Waals surface area contributed by atoms with E-state index in [0.29, 0.717) is 4.68 Å². The van der Waals surface area contributed by atoms with Crippen molar-refractivity contribution in [3.8, 4) is 17.3 Å². The Bertz CT molecular complexity index is 1780. The minimum atomic E-state index is -5.85. The van der Waals surface area contributed by atoms with Crippen LogP contribution in [0.4, 0.5) is 38.0 Å². The number of alkyl halides is 5. The predicted octanol–water partition coefficient (Wildman–Crippen LogP) is 3.33. The second-order valence-corrected chi connectivity index (χ2v) is 8.95. The van der Waals surface area contributed by atoms with E-state index in [1.807, 2.05) is 0 Å². The van der Waals surface area contributed by atoms with Crippen molar-refractivity contribution >= 4 is 28.7 Å². The molecule has 1 aliphatic rings. The van der Waals surface area contributed by atoms with Gasteiger partial charge in [-0.25, -0.2) is 29.0 Å². The van der Waals surface area contributed by atoms with E-state index >= 15 is 0 Å². The van der Waals surface area contributed by atoms with Crippen LogP contribution in [0.2, 0.25) is 0 Å². The maximum Gasteiger partial charge on any atom is 0.453 e. The average Bonchev–Trinajstić information content (AvgIpc) is 3.46. The Morgan fingerprint density at radius 1 is 1.18 bits per heavy atom. The molecule has 5 rings (SSSR count). The van der Waals surface area contributed by atoms with Crippen molar-refractivity contribution < 1.29 is 40.0 Å². The van der Waals surface area contributed by atoms with Crippen LogP contribution in [0.1, 0.15) is 34.4 Å².